The number of carbonyl (C=O) groups is 1. The molecule has 1 saturated heterocycles. The number of anilines is 1. The molecule has 7 nitrogen and oxygen atoms in total. The summed E-state index contributed by atoms with van der Waals surface area (Å²) in [5, 5.41) is 14.8. The predicted molar refractivity (Wildman–Crippen MR) is 141 cm³/mol. The Hall–Kier alpha value is -3.65. The lowest BCUT2D eigenvalue weighted by Crippen LogP contribution is -2.44. The van der Waals surface area contributed by atoms with E-state index < -0.39 is 5.91 Å². The molecule has 0 aromatic heterocycles. The minimum Gasteiger partial charge on any atom is -0.449 e. The van der Waals surface area contributed by atoms with Crippen LogP contribution in [-0.2, 0) is 11.3 Å². The van der Waals surface area contributed by atoms with Crippen molar-refractivity contribution in [1.29, 1.82) is 5.41 Å². The zero-order chi connectivity index (χ0) is 24.6. The van der Waals surface area contributed by atoms with Crippen molar-refractivity contribution in [3.05, 3.63) is 94.8 Å². The van der Waals surface area contributed by atoms with Gasteiger partial charge in [-0.1, -0.05) is 41.9 Å². The molecule has 35 heavy (non-hydrogen) atoms. The van der Waals surface area contributed by atoms with Crippen LogP contribution in [0.15, 0.2) is 84.3 Å². The highest BCUT2D eigenvalue weighted by Gasteiger charge is 2.23. The number of halogens is 1. The lowest BCUT2D eigenvalue weighted by atomic mass is 10.0. The Morgan fingerprint density at radius 3 is 2.43 bits per heavy atom. The van der Waals surface area contributed by atoms with Gasteiger partial charge < -0.3 is 31.4 Å². The maximum absolute atomic E-state index is 13.3. The second kappa shape index (κ2) is 11.7. The lowest BCUT2D eigenvalue weighted by molar-refractivity contribution is -0.115. The summed E-state index contributed by atoms with van der Waals surface area (Å²) in [7, 11) is 0. The van der Waals surface area contributed by atoms with E-state index >= 15 is 0 Å². The maximum atomic E-state index is 13.3. The van der Waals surface area contributed by atoms with Crippen LogP contribution < -0.4 is 21.1 Å². The Balaban J connectivity index is 1.62. The molecule has 0 atom stereocenters. The number of benzene rings is 3. The van der Waals surface area contributed by atoms with Crippen LogP contribution in [0.3, 0.4) is 0 Å². The van der Waals surface area contributed by atoms with Crippen LogP contribution in [0.4, 0.5) is 5.69 Å². The van der Waals surface area contributed by atoms with E-state index in [2.05, 4.69) is 16.7 Å². The molecule has 4 rings (SSSR count). The molecule has 0 aliphatic carbocycles. The second-order valence-electron chi connectivity index (χ2n) is 8.09. The minimum atomic E-state index is -0.441. The molecule has 0 bridgehead atoms. The zero-order valence-corrected chi connectivity index (χ0v) is 20.0. The Kier molecular flexibility index (Phi) is 8.15. The first-order chi connectivity index (χ1) is 17.1. The average molecular weight is 490 g/mol. The number of nitrogens with zero attached hydrogens (tertiary/aromatic N) is 1. The van der Waals surface area contributed by atoms with Gasteiger partial charge in [0, 0.05) is 49.6 Å². The molecule has 1 heterocycles. The number of ether oxygens (including phenoxy) is 1. The van der Waals surface area contributed by atoms with Gasteiger partial charge in [-0.2, -0.15) is 0 Å². The molecule has 1 aliphatic rings. The van der Waals surface area contributed by atoms with Crippen LogP contribution >= 0.6 is 11.6 Å². The van der Waals surface area contributed by atoms with Gasteiger partial charge in [-0.25, -0.2) is 0 Å². The van der Waals surface area contributed by atoms with Crippen LogP contribution in [0.5, 0.6) is 5.75 Å². The summed E-state index contributed by atoms with van der Waals surface area (Å²) in [5.41, 5.74) is 9.90. The van der Waals surface area contributed by atoms with E-state index in [0.717, 1.165) is 29.8 Å². The van der Waals surface area contributed by atoms with Gasteiger partial charge in [0.1, 0.15) is 11.4 Å². The highest BCUT2D eigenvalue weighted by molar-refractivity contribution is 6.30. The third-order valence-electron chi connectivity index (χ3n) is 5.71. The van der Waals surface area contributed by atoms with E-state index in [1.165, 1.54) is 6.21 Å². The van der Waals surface area contributed by atoms with Crippen LogP contribution in [0.1, 0.15) is 5.56 Å². The van der Waals surface area contributed by atoms with Crippen LogP contribution in [-0.4, -0.2) is 43.2 Å². The quantitative estimate of drug-likeness (QED) is 0.215. The minimum absolute atomic E-state index is 0.0646. The number of hydrogen-bond donors (Lipinski definition) is 4. The Bertz CT molecular complexity index is 1200. The molecule has 0 saturated carbocycles. The van der Waals surface area contributed by atoms with Crippen molar-refractivity contribution in [3.8, 4) is 16.9 Å². The van der Waals surface area contributed by atoms with E-state index in [1.807, 2.05) is 47.4 Å². The molecular weight excluding hydrogens is 462 g/mol. The summed E-state index contributed by atoms with van der Waals surface area (Å²) in [6.07, 6.45) is 1.18. The fourth-order valence-corrected chi connectivity index (χ4v) is 3.98. The SMILES string of the molecule is N=C/C(=C(/Oc1ccc(-c2cccc(CN)c2)cc1)C(=O)Nc1ccc(Cl)cc1)N1CCNCC1. The maximum Gasteiger partial charge on any atom is 0.293 e. The predicted octanol–water partition coefficient (Wildman–Crippen LogP) is 4.25. The number of carbonyl (C=O) groups excluding carboxylic acids is 1. The van der Waals surface area contributed by atoms with Crippen molar-refractivity contribution < 1.29 is 9.53 Å². The number of nitrogens with one attached hydrogen (secondary N) is 3. The number of hydrogen-bond acceptors (Lipinski definition) is 6. The van der Waals surface area contributed by atoms with E-state index in [9.17, 15) is 4.79 Å². The summed E-state index contributed by atoms with van der Waals surface area (Å²) >= 11 is 5.97. The summed E-state index contributed by atoms with van der Waals surface area (Å²) in [6, 6.07) is 22.4. The largest absolute Gasteiger partial charge is 0.449 e. The average Bonchev–Trinajstić information content (AvgIpc) is 2.91. The van der Waals surface area contributed by atoms with Crippen LogP contribution in [0.25, 0.3) is 11.1 Å². The molecule has 1 aliphatic heterocycles. The number of allylic oxidation sites excluding steroid dienone is 1. The van der Waals surface area contributed by atoms with Gasteiger partial charge in [-0.15, -0.1) is 0 Å². The highest BCUT2D eigenvalue weighted by Crippen LogP contribution is 2.26. The van der Waals surface area contributed by atoms with E-state index in [1.54, 1.807) is 24.3 Å². The molecule has 3 aromatic carbocycles. The van der Waals surface area contributed by atoms with Gasteiger partial charge in [-0.05, 0) is 59.2 Å². The van der Waals surface area contributed by atoms with Crippen molar-refractivity contribution in [1.82, 2.24) is 10.2 Å². The fourth-order valence-electron chi connectivity index (χ4n) is 3.85. The van der Waals surface area contributed by atoms with E-state index in [4.69, 9.17) is 27.5 Å². The second-order valence-corrected chi connectivity index (χ2v) is 8.52. The number of rotatable bonds is 8. The van der Waals surface area contributed by atoms with Crippen molar-refractivity contribution in [3.63, 3.8) is 0 Å². The zero-order valence-electron chi connectivity index (χ0n) is 19.3. The monoisotopic (exact) mass is 489 g/mol. The molecule has 0 unspecified atom stereocenters. The standard InChI is InChI=1S/C27H28ClN5O2/c28-22-6-8-23(9-7-22)32-27(34)26(25(18-30)33-14-12-31-13-15-33)35-24-10-4-20(5-11-24)21-3-1-2-19(16-21)17-29/h1-11,16,18,30-31H,12-15,17,29H2,(H,32,34)/b26-25-,30-18?. The van der Waals surface area contributed by atoms with Crippen molar-refractivity contribution in [2.45, 2.75) is 6.54 Å². The van der Waals surface area contributed by atoms with Crippen molar-refractivity contribution in [2.24, 2.45) is 5.73 Å². The third-order valence-corrected chi connectivity index (χ3v) is 5.96. The molecule has 0 radical (unpaired) electrons. The number of amides is 1. The Morgan fingerprint density at radius 2 is 1.77 bits per heavy atom. The van der Waals surface area contributed by atoms with Crippen molar-refractivity contribution in [2.75, 3.05) is 31.5 Å². The third kappa shape index (κ3) is 6.27. The lowest BCUT2D eigenvalue weighted by Gasteiger charge is -2.30. The van der Waals surface area contributed by atoms with Gasteiger partial charge >= 0.3 is 0 Å². The summed E-state index contributed by atoms with van der Waals surface area (Å²) < 4.78 is 6.12. The van der Waals surface area contributed by atoms with Crippen LogP contribution in [0.2, 0.25) is 5.02 Å². The molecule has 1 fully saturated rings. The molecule has 5 N–H and O–H groups in total. The van der Waals surface area contributed by atoms with Crippen LogP contribution in [0, 0.1) is 5.41 Å². The smallest absolute Gasteiger partial charge is 0.293 e. The first-order valence-corrected chi connectivity index (χ1v) is 11.8. The summed E-state index contributed by atoms with van der Waals surface area (Å²) in [6.45, 7) is 3.34. The molecule has 0 spiro atoms. The van der Waals surface area contributed by atoms with Gasteiger partial charge in [0.2, 0.25) is 5.76 Å². The molecule has 180 valence electrons. The topological polar surface area (TPSA) is 103 Å². The van der Waals surface area contributed by atoms with Gasteiger partial charge in [0.15, 0.2) is 0 Å². The normalized spacial score (nSPS) is 14.2. The van der Waals surface area contributed by atoms with Gasteiger partial charge in [0.05, 0.1) is 0 Å². The van der Waals surface area contributed by atoms with E-state index in [-0.39, 0.29) is 5.76 Å². The summed E-state index contributed by atoms with van der Waals surface area (Å²) in [4.78, 5) is 15.3. The fraction of sp³-hybridized carbons (Fsp3) is 0.185. The first-order valence-electron chi connectivity index (χ1n) is 11.4. The van der Waals surface area contributed by atoms with Gasteiger partial charge in [-0.3, -0.25) is 4.79 Å². The Labute approximate surface area is 210 Å². The highest BCUT2D eigenvalue weighted by atomic mass is 35.5. The number of piperazine rings is 1. The summed E-state index contributed by atoms with van der Waals surface area (Å²) in [5.74, 6) is 0.123. The molecule has 1 amide bonds. The van der Waals surface area contributed by atoms with Crippen molar-refractivity contribution >= 4 is 29.4 Å². The number of nitrogens with two attached hydrogens (primary N) is 1. The Morgan fingerprint density at radius 1 is 1.06 bits per heavy atom. The van der Waals surface area contributed by atoms with Gasteiger partial charge in [0.25, 0.3) is 5.91 Å². The molecule has 3 aromatic rings. The molecule has 8 heteroatoms. The van der Waals surface area contributed by atoms with E-state index in [0.29, 0.717) is 41.8 Å². The first kappa shape index (κ1) is 24.5. The molecular formula is C27H28ClN5O2.